The van der Waals surface area contributed by atoms with Crippen molar-refractivity contribution in [3.63, 3.8) is 0 Å². The Labute approximate surface area is 159 Å². The molecule has 1 saturated heterocycles. The number of hydrogen-bond acceptors (Lipinski definition) is 3. The summed E-state index contributed by atoms with van der Waals surface area (Å²) in [4.78, 5) is 2.49. The summed E-state index contributed by atoms with van der Waals surface area (Å²) >= 11 is 0. The lowest BCUT2D eigenvalue weighted by atomic mass is 9.81. The fourth-order valence-electron chi connectivity index (χ4n) is 5.33. The van der Waals surface area contributed by atoms with Gasteiger partial charge in [-0.1, -0.05) is 38.2 Å². The maximum atomic E-state index is 6.17. The van der Waals surface area contributed by atoms with Gasteiger partial charge in [0.25, 0.3) is 0 Å². The van der Waals surface area contributed by atoms with Gasteiger partial charge in [-0.3, -0.25) is 0 Å². The lowest BCUT2D eigenvalue weighted by Gasteiger charge is -2.32. The van der Waals surface area contributed by atoms with E-state index in [0.29, 0.717) is 12.1 Å². The van der Waals surface area contributed by atoms with Gasteiger partial charge in [-0.2, -0.15) is 0 Å². The van der Waals surface area contributed by atoms with Crippen LogP contribution in [0, 0.1) is 5.92 Å². The number of hydrogen-bond donors (Lipinski definition) is 1. The first-order valence-corrected chi connectivity index (χ1v) is 11.0. The molecular formula is C23H36N2O. The molecule has 1 saturated carbocycles. The molecule has 1 aromatic carbocycles. The molecule has 0 amide bonds. The van der Waals surface area contributed by atoms with E-state index >= 15 is 0 Å². The summed E-state index contributed by atoms with van der Waals surface area (Å²) in [6.07, 6.45) is 13.5. The van der Waals surface area contributed by atoms with Gasteiger partial charge in [-0.15, -0.1) is 0 Å². The Hall–Kier alpha value is -1.06. The number of rotatable bonds is 6. The summed E-state index contributed by atoms with van der Waals surface area (Å²) in [7, 11) is 2.25. The van der Waals surface area contributed by atoms with Crippen LogP contribution in [0.4, 0.5) is 0 Å². The Morgan fingerprint density at radius 2 is 2.00 bits per heavy atom. The van der Waals surface area contributed by atoms with E-state index in [1.165, 1.54) is 69.0 Å². The molecule has 2 fully saturated rings. The second-order valence-electron chi connectivity index (χ2n) is 8.77. The molecule has 2 atom stereocenters. The molecule has 26 heavy (non-hydrogen) atoms. The molecule has 2 aliphatic heterocycles. The molecule has 2 heterocycles. The Bertz CT molecular complexity index is 582. The largest absolute Gasteiger partial charge is 0.494 e. The molecular weight excluding hydrogens is 320 g/mol. The predicted molar refractivity (Wildman–Crippen MR) is 108 cm³/mol. The number of fused-ring (bicyclic) bond motifs is 1. The van der Waals surface area contributed by atoms with E-state index in [4.69, 9.17) is 4.74 Å². The average Bonchev–Trinajstić information content (AvgIpc) is 3.08. The van der Waals surface area contributed by atoms with E-state index in [0.717, 1.165) is 37.7 Å². The van der Waals surface area contributed by atoms with E-state index < -0.39 is 0 Å². The van der Waals surface area contributed by atoms with Crippen molar-refractivity contribution in [2.24, 2.45) is 5.92 Å². The normalized spacial score (nSPS) is 27.4. The first-order valence-electron chi connectivity index (χ1n) is 11.0. The van der Waals surface area contributed by atoms with Crippen molar-refractivity contribution in [1.82, 2.24) is 10.2 Å². The SMILES string of the molecule is CN1CCCC1CCOc1ccc2c(c1)C(CC1CCCCC1)NCC2. The zero-order valence-corrected chi connectivity index (χ0v) is 16.5. The minimum Gasteiger partial charge on any atom is -0.494 e. The second-order valence-corrected chi connectivity index (χ2v) is 8.77. The van der Waals surface area contributed by atoms with Crippen LogP contribution in [0.2, 0.25) is 0 Å². The third kappa shape index (κ3) is 4.43. The third-order valence-electron chi connectivity index (χ3n) is 6.96. The van der Waals surface area contributed by atoms with Gasteiger partial charge in [-0.25, -0.2) is 0 Å². The maximum absolute atomic E-state index is 6.17. The number of benzene rings is 1. The zero-order chi connectivity index (χ0) is 17.8. The maximum Gasteiger partial charge on any atom is 0.119 e. The fourth-order valence-corrected chi connectivity index (χ4v) is 5.33. The molecule has 0 bridgehead atoms. The van der Waals surface area contributed by atoms with E-state index in [-0.39, 0.29) is 0 Å². The van der Waals surface area contributed by atoms with Crippen LogP contribution in [0.15, 0.2) is 18.2 Å². The van der Waals surface area contributed by atoms with Crippen LogP contribution in [-0.4, -0.2) is 37.7 Å². The van der Waals surface area contributed by atoms with Crippen molar-refractivity contribution in [2.75, 3.05) is 26.7 Å². The van der Waals surface area contributed by atoms with Gasteiger partial charge in [0.05, 0.1) is 6.61 Å². The summed E-state index contributed by atoms with van der Waals surface area (Å²) < 4.78 is 6.17. The van der Waals surface area contributed by atoms with Gasteiger partial charge in [0.1, 0.15) is 5.75 Å². The topological polar surface area (TPSA) is 24.5 Å². The highest BCUT2D eigenvalue weighted by molar-refractivity contribution is 5.39. The molecule has 0 spiro atoms. The average molecular weight is 357 g/mol. The van der Waals surface area contributed by atoms with Crippen LogP contribution in [0.5, 0.6) is 5.75 Å². The Balaban J connectivity index is 1.36. The molecule has 1 N–H and O–H groups in total. The van der Waals surface area contributed by atoms with Crippen LogP contribution in [0.25, 0.3) is 0 Å². The Morgan fingerprint density at radius 1 is 1.12 bits per heavy atom. The first kappa shape index (κ1) is 18.3. The van der Waals surface area contributed by atoms with Crippen molar-refractivity contribution < 1.29 is 4.74 Å². The van der Waals surface area contributed by atoms with Crippen LogP contribution in [0.3, 0.4) is 0 Å². The zero-order valence-electron chi connectivity index (χ0n) is 16.5. The van der Waals surface area contributed by atoms with Gasteiger partial charge >= 0.3 is 0 Å². The molecule has 0 radical (unpaired) electrons. The second kappa shape index (κ2) is 8.75. The quantitative estimate of drug-likeness (QED) is 0.799. The lowest BCUT2D eigenvalue weighted by molar-refractivity contribution is 0.233. The van der Waals surface area contributed by atoms with Crippen LogP contribution in [0.1, 0.15) is 75.0 Å². The lowest BCUT2D eigenvalue weighted by Crippen LogP contribution is -2.31. The van der Waals surface area contributed by atoms with Gasteiger partial charge in [0.2, 0.25) is 0 Å². The summed E-state index contributed by atoms with van der Waals surface area (Å²) in [6.45, 7) is 3.21. The van der Waals surface area contributed by atoms with Gasteiger partial charge in [-0.05, 0) is 81.4 Å². The summed E-state index contributed by atoms with van der Waals surface area (Å²) in [5.74, 6) is 1.98. The molecule has 3 aliphatic rings. The van der Waals surface area contributed by atoms with Crippen molar-refractivity contribution in [3.05, 3.63) is 29.3 Å². The van der Waals surface area contributed by atoms with Crippen molar-refractivity contribution in [2.45, 2.75) is 76.3 Å². The van der Waals surface area contributed by atoms with E-state index in [2.05, 4.69) is 35.5 Å². The predicted octanol–water partition coefficient (Wildman–Crippen LogP) is 4.71. The summed E-state index contributed by atoms with van der Waals surface area (Å²) in [5, 5.41) is 3.79. The fraction of sp³-hybridized carbons (Fsp3) is 0.739. The Morgan fingerprint density at radius 3 is 2.81 bits per heavy atom. The van der Waals surface area contributed by atoms with Crippen molar-refractivity contribution in [3.8, 4) is 5.75 Å². The van der Waals surface area contributed by atoms with Crippen LogP contribution < -0.4 is 10.1 Å². The summed E-state index contributed by atoms with van der Waals surface area (Å²) in [6, 6.07) is 8.11. The van der Waals surface area contributed by atoms with E-state index in [9.17, 15) is 0 Å². The third-order valence-corrected chi connectivity index (χ3v) is 6.96. The number of likely N-dealkylation sites (tertiary alicyclic amines) is 1. The molecule has 1 aromatic rings. The highest BCUT2D eigenvalue weighted by atomic mass is 16.5. The van der Waals surface area contributed by atoms with Crippen LogP contribution in [-0.2, 0) is 6.42 Å². The van der Waals surface area contributed by atoms with Gasteiger partial charge < -0.3 is 15.0 Å². The number of nitrogens with one attached hydrogen (secondary N) is 1. The highest BCUT2D eigenvalue weighted by Crippen LogP contribution is 2.36. The molecule has 144 valence electrons. The Kier molecular flexibility index (Phi) is 6.16. The smallest absolute Gasteiger partial charge is 0.119 e. The van der Waals surface area contributed by atoms with Gasteiger partial charge in [0.15, 0.2) is 0 Å². The molecule has 0 aromatic heterocycles. The van der Waals surface area contributed by atoms with Crippen LogP contribution >= 0.6 is 0 Å². The van der Waals surface area contributed by atoms with E-state index in [1.807, 2.05) is 0 Å². The van der Waals surface area contributed by atoms with E-state index in [1.54, 1.807) is 0 Å². The molecule has 4 rings (SSSR count). The summed E-state index contributed by atoms with van der Waals surface area (Å²) in [5.41, 5.74) is 3.05. The monoisotopic (exact) mass is 356 g/mol. The first-order chi connectivity index (χ1) is 12.8. The minimum atomic E-state index is 0.534. The number of nitrogens with zero attached hydrogens (tertiary/aromatic N) is 1. The van der Waals surface area contributed by atoms with Crippen molar-refractivity contribution in [1.29, 1.82) is 0 Å². The standard InChI is InChI=1S/C23H36N2O/c1-25-14-5-8-20(25)12-15-26-21-10-9-19-11-13-24-23(22(19)17-21)16-18-6-3-2-4-7-18/h9-10,17-18,20,23-24H,2-8,11-16H2,1H3. The molecule has 1 aliphatic carbocycles. The molecule has 2 unspecified atom stereocenters. The van der Waals surface area contributed by atoms with Gasteiger partial charge in [0, 0.05) is 12.1 Å². The minimum absolute atomic E-state index is 0.534. The van der Waals surface area contributed by atoms with Crippen molar-refractivity contribution >= 4 is 0 Å². The number of ether oxygens (including phenoxy) is 1. The highest BCUT2D eigenvalue weighted by Gasteiger charge is 2.25. The molecule has 3 nitrogen and oxygen atoms in total. The molecule has 3 heteroatoms.